The highest BCUT2D eigenvalue weighted by atomic mass is 32.1. The summed E-state index contributed by atoms with van der Waals surface area (Å²) in [6, 6.07) is 3.05. The lowest BCUT2D eigenvalue weighted by atomic mass is 9.95. The van der Waals surface area contributed by atoms with Crippen LogP contribution in [-0.2, 0) is 4.79 Å². The Kier molecular flexibility index (Phi) is 7.48. The molecule has 0 unspecified atom stereocenters. The molecule has 2 aromatic carbocycles. The van der Waals surface area contributed by atoms with E-state index in [1.165, 1.54) is 12.1 Å². The average Bonchev–Trinajstić information content (AvgIpc) is 3.80. The Morgan fingerprint density at radius 3 is 2.85 bits per heavy atom. The molecule has 2 aromatic heterocycles. The van der Waals surface area contributed by atoms with Crippen LogP contribution < -0.4 is 15.2 Å². The van der Waals surface area contributed by atoms with Gasteiger partial charge in [0.2, 0.25) is 17.5 Å². The SMILES string of the molecule is [C-]#[N+]c1c(N)sc2c(F)ccc(-c3c(F)cc4c(O[C@@H]5CCN(C(=O)C=C)C5)nc(OC[C@@]56CCCN5C[C@H](F)C6)nc4c3F)c12. The van der Waals surface area contributed by atoms with E-state index in [-0.39, 0.29) is 74.6 Å². The van der Waals surface area contributed by atoms with E-state index in [4.69, 9.17) is 21.8 Å². The first-order valence-corrected chi connectivity index (χ1v) is 15.6. The number of aromatic nitrogens is 2. The number of benzene rings is 2. The van der Waals surface area contributed by atoms with E-state index >= 15 is 8.78 Å². The zero-order valence-electron chi connectivity index (χ0n) is 24.5. The number of alkyl halides is 1. The third-order valence-corrected chi connectivity index (χ3v) is 10.2. The molecule has 3 atom stereocenters. The zero-order valence-corrected chi connectivity index (χ0v) is 25.3. The third kappa shape index (κ3) is 4.89. The number of fused-ring (bicyclic) bond motifs is 3. The van der Waals surface area contributed by atoms with Gasteiger partial charge < -0.3 is 20.1 Å². The van der Waals surface area contributed by atoms with Gasteiger partial charge in [-0.25, -0.2) is 22.4 Å². The molecule has 1 amide bonds. The molecule has 0 saturated carbocycles. The number of ether oxygens (including phenoxy) is 2. The molecule has 4 aromatic rings. The monoisotopic (exact) mass is 652 g/mol. The Morgan fingerprint density at radius 2 is 2.07 bits per heavy atom. The normalized spacial score (nSPS) is 22.8. The fourth-order valence-electron chi connectivity index (χ4n) is 7.00. The molecule has 9 nitrogen and oxygen atoms in total. The molecule has 0 spiro atoms. The number of amides is 1. The molecule has 5 heterocycles. The molecular weight excluding hydrogens is 624 g/mol. The van der Waals surface area contributed by atoms with E-state index in [9.17, 15) is 13.6 Å². The number of nitrogen functional groups attached to an aromatic ring is 1. The number of carbonyl (C=O) groups excluding carboxylic acids is 1. The Hall–Kier alpha value is -4.48. The fourth-order valence-corrected chi connectivity index (χ4v) is 7.94. The first-order chi connectivity index (χ1) is 22.1. The molecule has 3 aliphatic rings. The average molecular weight is 653 g/mol. The Bertz CT molecular complexity index is 1960. The van der Waals surface area contributed by atoms with Gasteiger partial charge in [-0.05, 0) is 43.2 Å². The smallest absolute Gasteiger partial charge is 0.320 e. The van der Waals surface area contributed by atoms with Gasteiger partial charge in [0.15, 0.2) is 5.82 Å². The van der Waals surface area contributed by atoms with Gasteiger partial charge in [0.1, 0.15) is 36.0 Å². The summed E-state index contributed by atoms with van der Waals surface area (Å²) >= 11 is 0.820. The van der Waals surface area contributed by atoms with Gasteiger partial charge in [0, 0.05) is 31.3 Å². The van der Waals surface area contributed by atoms with Crippen molar-refractivity contribution < 1.29 is 31.8 Å². The van der Waals surface area contributed by atoms with Gasteiger partial charge in [-0.2, -0.15) is 9.97 Å². The van der Waals surface area contributed by atoms with E-state index in [2.05, 4.69) is 26.3 Å². The second-order valence-electron chi connectivity index (χ2n) is 11.9. The molecule has 238 valence electrons. The van der Waals surface area contributed by atoms with E-state index in [0.717, 1.165) is 42.9 Å². The number of nitrogens with two attached hydrogens (primary N) is 1. The first kappa shape index (κ1) is 30.2. The van der Waals surface area contributed by atoms with Gasteiger partial charge in [0.25, 0.3) is 0 Å². The van der Waals surface area contributed by atoms with Crippen molar-refractivity contribution in [1.82, 2.24) is 19.8 Å². The maximum absolute atomic E-state index is 16.6. The lowest BCUT2D eigenvalue weighted by molar-refractivity contribution is -0.125. The van der Waals surface area contributed by atoms with Crippen molar-refractivity contribution in [3.05, 3.63) is 59.7 Å². The summed E-state index contributed by atoms with van der Waals surface area (Å²) in [5.74, 6) is -3.21. The number of halogens is 4. The van der Waals surface area contributed by atoms with Crippen molar-refractivity contribution in [2.75, 3.05) is 38.5 Å². The molecule has 0 aliphatic carbocycles. The predicted octanol–water partition coefficient (Wildman–Crippen LogP) is 6.18. The highest BCUT2D eigenvalue weighted by Crippen LogP contribution is 2.48. The quantitative estimate of drug-likeness (QED) is 0.145. The largest absolute Gasteiger partial charge is 0.472 e. The molecular formula is C32H28F4N6O3S. The van der Waals surface area contributed by atoms with Crippen LogP contribution in [0.3, 0.4) is 0 Å². The number of carbonyl (C=O) groups is 1. The fraction of sp³-hybridized carbons (Fsp3) is 0.375. The summed E-state index contributed by atoms with van der Waals surface area (Å²) in [6.07, 6.45) is 1.99. The maximum atomic E-state index is 16.6. The number of hydrogen-bond acceptors (Lipinski definition) is 8. The highest BCUT2D eigenvalue weighted by Gasteiger charge is 2.49. The molecule has 7 rings (SSSR count). The predicted molar refractivity (Wildman–Crippen MR) is 165 cm³/mol. The number of nitrogens with zero attached hydrogens (tertiary/aromatic N) is 5. The molecule has 14 heteroatoms. The number of hydrogen-bond donors (Lipinski definition) is 1. The van der Waals surface area contributed by atoms with Crippen LogP contribution in [0.15, 0.2) is 30.9 Å². The summed E-state index contributed by atoms with van der Waals surface area (Å²) in [5.41, 5.74) is 4.40. The van der Waals surface area contributed by atoms with E-state index in [0.29, 0.717) is 19.5 Å². The Labute approximate surface area is 265 Å². The van der Waals surface area contributed by atoms with Crippen molar-refractivity contribution in [2.24, 2.45) is 0 Å². The first-order valence-electron chi connectivity index (χ1n) is 14.8. The third-order valence-electron chi connectivity index (χ3n) is 9.14. The van der Waals surface area contributed by atoms with Crippen molar-refractivity contribution in [3.8, 4) is 23.0 Å². The van der Waals surface area contributed by atoms with Crippen LogP contribution in [-0.4, -0.2) is 76.3 Å². The van der Waals surface area contributed by atoms with Gasteiger partial charge in [-0.1, -0.05) is 12.6 Å². The second-order valence-corrected chi connectivity index (χ2v) is 12.9. The van der Waals surface area contributed by atoms with Gasteiger partial charge in [-0.3, -0.25) is 9.69 Å². The van der Waals surface area contributed by atoms with Crippen molar-refractivity contribution in [3.63, 3.8) is 0 Å². The van der Waals surface area contributed by atoms with Crippen LogP contribution in [0, 0.1) is 24.0 Å². The maximum Gasteiger partial charge on any atom is 0.320 e. The van der Waals surface area contributed by atoms with Gasteiger partial charge >= 0.3 is 6.01 Å². The highest BCUT2D eigenvalue weighted by molar-refractivity contribution is 7.23. The van der Waals surface area contributed by atoms with Crippen molar-refractivity contribution >= 4 is 48.9 Å². The van der Waals surface area contributed by atoms with E-state index < -0.39 is 40.8 Å². The van der Waals surface area contributed by atoms with Crippen LogP contribution in [0.25, 0.3) is 37.0 Å². The minimum Gasteiger partial charge on any atom is -0.472 e. The molecule has 0 bridgehead atoms. The minimum atomic E-state index is -1.10. The molecule has 3 saturated heterocycles. The standard InChI is InChI=1S/C32H28F4N6O3S/c1-3-22(43)41-10-7-17(14-41)45-30-19-11-21(35)23(18-5-6-20(34)28-24(18)27(38-2)29(37)46-28)25(36)26(19)39-31(40-30)44-15-32-8-4-9-42(32)13-16(33)12-32/h3,5-6,11,16-17H,1,4,7-10,12-15,37H2/t16-,17-,32+/m1/s1. The Balaban J connectivity index is 1.35. The lowest BCUT2D eigenvalue weighted by Gasteiger charge is -2.30. The minimum absolute atomic E-state index is 0.00130. The van der Waals surface area contributed by atoms with Crippen molar-refractivity contribution in [1.29, 1.82) is 0 Å². The number of likely N-dealkylation sites (tertiary alicyclic amines) is 1. The molecule has 2 N–H and O–H groups in total. The van der Waals surface area contributed by atoms with Crippen LogP contribution >= 0.6 is 11.3 Å². The van der Waals surface area contributed by atoms with Crippen LogP contribution in [0.1, 0.15) is 25.7 Å². The van der Waals surface area contributed by atoms with Gasteiger partial charge in [-0.15, -0.1) is 11.3 Å². The summed E-state index contributed by atoms with van der Waals surface area (Å²) in [7, 11) is 0. The summed E-state index contributed by atoms with van der Waals surface area (Å²) in [4.78, 5) is 27.9. The second kappa shape index (κ2) is 11.4. The summed E-state index contributed by atoms with van der Waals surface area (Å²) < 4.78 is 73.9. The van der Waals surface area contributed by atoms with E-state index in [1.807, 2.05) is 0 Å². The zero-order chi connectivity index (χ0) is 32.3. The molecule has 3 aliphatic heterocycles. The van der Waals surface area contributed by atoms with E-state index in [1.54, 1.807) is 4.90 Å². The van der Waals surface area contributed by atoms with Crippen LogP contribution in [0.5, 0.6) is 11.9 Å². The van der Waals surface area contributed by atoms with Crippen LogP contribution in [0.2, 0.25) is 0 Å². The number of thiophene rings is 1. The number of rotatable bonds is 7. The molecule has 3 fully saturated rings. The number of anilines is 1. The lowest BCUT2D eigenvalue weighted by Crippen LogP contribution is -2.43. The summed E-state index contributed by atoms with van der Waals surface area (Å²) in [6.45, 7) is 12.8. The topological polar surface area (TPSA) is 98.2 Å². The van der Waals surface area contributed by atoms with Crippen LogP contribution in [0.4, 0.5) is 28.3 Å². The summed E-state index contributed by atoms with van der Waals surface area (Å²) in [5, 5.41) is -0.0643. The van der Waals surface area contributed by atoms with Crippen molar-refractivity contribution in [2.45, 2.75) is 43.5 Å². The molecule has 46 heavy (non-hydrogen) atoms. The molecule has 0 radical (unpaired) electrons. The van der Waals surface area contributed by atoms with Gasteiger partial charge in [0.05, 0.1) is 39.3 Å². The Morgan fingerprint density at radius 1 is 1.24 bits per heavy atom.